The van der Waals surface area contributed by atoms with Crippen LogP contribution in [-0.2, 0) is 6.42 Å². The monoisotopic (exact) mass is 237 g/mol. The highest BCUT2D eigenvalue weighted by Gasteiger charge is 1.99. The molecule has 0 saturated heterocycles. The summed E-state index contributed by atoms with van der Waals surface area (Å²) in [6.45, 7) is 2.17. The maximum atomic E-state index is 4.58. The topological polar surface area (TPSA) is 12.4 Å². The van der Waals surface area contributed by atoms with E-state index in [0.717, 1.165) is 12.8 Å². The second-order valence-corrected chi connectivity index (χ2v) is 4.56. The van der Waals surface area contributed by atoms with Gasteiger partial charge in [-0.25, -0.2) is 0 Å². The first kappa shape index (κ1) is 12.6. The van der Waals surface area contributed by atoms with Crippen molar-refractivity contribution in [2.75, 3.05) is 0 Å². The fraction of sp³-hybridized carbons (Fsp3) is 0.235. The fourth-order valence-corrected chi connectivity index (χ4v) is 1.85. The van der Waals surface area contributed by atoms with Crippen molar-refractivity contribution < 1.29 is 0 Å². The fourth-order valence-electron chi connectivity index (χ4n) is 1.85. The Morgan fingerprint density at radius 3 is 2.22 bits per heavy atom. The van der Waals surface area contributed by atoms with E-state index in [2.05, 4.69) is 54.4 Å². The predicted octanol–water partition coefficient (Wildman–Crippen LogP) is 4.13. The first-order valence-corrected chi connectivity index (χ1v) is 6.47. The summed E-state index contributed by atoms with van der Waals surface area (Å²) in [4.78, 5) is 4.58. The molecule has 1 nitrogen and oxygen atoms in total. The van der Waals surface area contributed by atoms with Gasteiger partial charge in [-0.15, -0.1) is 0 Å². The van der Waals surface area contributed by atoms with Crippen molar-refractivity contribution in [3.63, 3.8) is 0 Å². The third kappa shape index (κ3) is 4.17. The second-order valence-electron chi connectivity index (χ2n) is 4.56. The standard InChI is InChI=1S/C17H19N/c1-15(12-13-16-8-4-2-5-9-16)18-14-17-10-6-3-7-11-17/h2-11,14-15H,12-13H2,1H3/t15-/m0/s1. The Balaban J connectivity index is 1.82. The molecule has 0 N–H and O–H groups in total. The van der Waals surface area contributed by atoms with Gasteiger partial charge in [0.2, 0.25) is 0 Å². The number of hydrogen-bond acceptors (Lipinski definition) is 1. The molecular weight excluding hydrogens is 218 g/mol. The van der Waals surface area contributed by atoms with Crippen LogP contribution < -0.4 is 0 Å². The van der Waals surface area contributed by atoms with Crippen molar-refractivity contribution in [2.45, 2.75) is 25.8 Å². The maximum Gasteiger partial charge on any atom is 0.0474 e. The molecular formula is C17H19N. The molecule has 92 valence electrons. The third-order valence-corrected chi connectivity index (χ3v) is 2.97. The van der Waals surface area contributed by atoms with Gasteiger partial charge in [-0.3, -0.25) is 4.99 Å². The van der Waals surface area contributed by atoms with E-state index in [4.69, 9.17) is 0 Å². The van der Waals surface area contributed by atoms with E-state index in [-0.39, 0.29) is 0 Å². The van der Waals surface area contributed by atoms with Gasteiger partial charge in [0.05, 0.1) is 0 Å². The molecule has 2 aromatic rings. The second kappa shape index (κ2) is 6.75. The quantitative estimate of drug-likeness (QED) is 0.693. The maximum absolute atomic E-state index is 4.58. The number of aryl methyl sites for hydroxylation is 1. The molecule has 1 atom stereocenters. The lowest BCUT2D eigenvalue weighted by Crippen LogP contribution is -2.01. The van der Waals surface area contributed by atoms with E-state index < -0.39 is 0 Å². The van der Waals surface area contributed by atoms with Crippen molar-refractivity contribution in [1.29, 1.82) is 0 Å². The molecule has 0 aliphatic heterocycles. The zero-order chi connectivity index (χ0) is 12.6. The van der Waals surface area contributed by atoms with E-state index >= 15 is 0 Å². The Hall–Kier alpha value is -1.89. The minimum atomic E-state index is 0.366. The normalized spacial score (nSPS) is 12.7. The molecule has 2 aromatic carbocycles. The van der Waals surface area contributed by atoms with Gasteiger partial charge >= 0.3 is 0 Å². The van der Waals surface area contributed by atoms with Crippen LogP contribution in [0.4, 0.5) is 0 Å². The highest BCUT2D eigenvalue weighted by atomic mass is 14.7. The smallest absolute Gasteiger partial charge is 0.0474 e. The molecule has 0 aliphatic rings. The van der Waals surface area contributed by atoms with Gasteiger partial charge in [-0.1, -0.05) is 60.7 Å². The first-order chi connectivity index (χ1) is 8.84. The lowest BCUT2D eigenvalue weighted by atomic mass is 10.1. The van der Waals surface area contributed by atoms with E-state index in [1.54, 1.807) is 0 Å². The highest BCUT2D eigenvalue weighted by molar-refractivity contribution is 5.79. The Morgan fingerprint density at radius 2 is 1.56 bits per heavy atom. The van der Waals surface area contributed by atoms with Crippen molar-refractivity contribution >= 4 is 6.21 Å². The SMILES string of the molecule is C[C@@H](CCc1ccccc1)N=Cc1ccccc1. The minimum Gasteiger partial charge on any atom is -0.290 e. The molecule has 0 saturated carbocycles. The van der Waals surface area contributed by atoms with Crippen molar-refractivity contribution in [3.05, 3.63) is 71.8 Å². The summed E-state index contributed by atoms with van der Waals surface area (Å²) in [5.41, 5.74) is 2.56. The van der Waals surface area contributed by atoms with Crippen LogP contribution in [0.15, 0.2) is 65.7 Å². The van der Waals surface area contributed by atoms with Gasteiger partial charge in [0.15, 0.2) is 0 Å². The van der Waals surface area contributed by atoms with Crippen LogP contribution in [0.3, 0.4) is 0 Å². The van der Waals surface area contributed by atoms with Gasteiger partial charge in [0, 0.05) is 12.3 Å². The predicted molar refractivity (Wildman–Crippen MR) is 78.3 cm³/mol. The molecule has 0 unspecified atom stereocenters. The molecule has 0 aliphatic carbocycles. The Labute approximate surface area is 109 Å². The molecule has 18 heavy (non-hydrogen) atoms. The molecule has 2 rings (SSSR count). The third-order valence-electron chi connectivity index (χ3n) is 2.97. The summed E-state index contributed by atoms with van der Waals surface area (Å²) in [5, 5.41) is 0. The van der Waals surface area contributed by atoms with E-state index in [0.29, 0.717) is 6.04 Å². The van der Waals surface area contributed by atoms with Gasteiger partial charge in [-0.05, 0) is 30.9 Å². The minimum absolute atomic E-state index is 0.366. The van der Waals surface area contributed by atoms with E-state index in [1.807, 2.05) is 24.4 Å². The summed E-state index contributed by atoms with van der Waals surface area (Å²) in [6.07, 6.45) is 4.15. The number of hydrogen-bond donors (Lipinski definition) is 0. The van der Waals surface area contributed by atoms with Crippen LogP contribution in [0, 0.1) is 0 Å². The van der Waals surface area contributed by atoms with Crippen LogP contribution in [0.2, 0.25) is 0 Å². The van der Waals surface area contributed by atoms with E-state index in [1.165, 1.54) is 11.1 Å². The Morgan fingerprint density at radius 1 is 0.944 bits per heavy atom. The van der Waals surface area contributed by atoms with Crippen LogP contribution >= 0.6 is 0 Å². The van der Waals surface area contributed by atoms with Crippen molar-refractivity contribution in [2.24, 2.45) is 4.99 Å². The Bertz CT molecular complexity index is 473. The molecule has 0 heterocycles. The number of nitrogens with zero attached hydrogens (tertiary/aromatic N) is 1. The molecule has 0 aromatic heterocycles. The van der Waals surface area contributed by atoms with Crippen molar-refractivity contribution in [1.82, 2.24) is 0 Å². The largest absolute Gasteiger partial charge is 0.290 e. The number of rotatable bonds is 5. The molecule has 0 amide bonds. The number of benzene rings is 2. The van der Waals surface area contributed by atoms with E-state index in [9.17, 15) is 0 Å². The lowest BCUT2D eigenvalue weighted by molar-refractivity contribution is 0.671. The average molecular weight is 237 g/mol. The summed E-state index contributed by atoms with van der Waals surface area (Å²) >= 11 is 0. The summed E-state index contributed by atoms with van der Waals surface area (Å²) in [5.74, 6) is 0. The van der Waals surface area contributed by atoms with Gasteiger partial charge in [0.25, 0.3) is 0 Å². The highest BCUT2D eigenvalue weighted by Crippen LogP contribution is 2.07. The van der Waals surface area contributed by atoms with Crippen LogP contribution in [-0.4, -0.2) is 12.3 Å². The van der Waals surface area contributed by atoms with Crippen LogP contribution in [0.5, 0.6) is 0 Å². The van der Waals surface area contributed by atoms with Crippen LogP contribution in [0.1, 0.15) is 24.5 Å². The zero-order valence-corrected chi connectivity index (χ0v) is 10.8. The Kier molecular flexibility index (Phi) is 4.71. The zero-order valence-electron chi connectivity index (χ0n) is 10.8. The molecule has 0 bridgehead atoms. The van der Waals surface area contributed by atoms with Crippen molar-refractivity contribution in [3.8, 4) is 0 Å². The summed E-state index contributed by atoms with van der Waals surface area (Å²) < 4.78 is 0. The number of aliphatic imine (C=N–C) groups is 1. The molecule has 0 radical (unpaired) electrons. The van der Waals surface area contributed by atoms with Gasteiger partial charge < -0.3 is 0 Å². The first-order valence-electron chi connectivity index (χ1n) is 6.47. The lowest BCUT2D eigenvalue weighted by Gasteiger charge is -2.06. The van der Waals surface area contributed by atoms with Crippen LogP contribution in [0.25, 0.3) is 0 Å². The average Bonchev–Trinajstić information content (AvgIpc) is 2.45. The molecule has 0 spiro atoms. The summed E-state index contributed by atoms with van der Waals surface area (Å²) in [7, 11) is 0. The molecule has 1 heteroatoms. The summed E-state index contributed by atoms with van der Waals surface area (Å²) in [6, 6.07) is 21.2. The van der Waals surface area contributed by atoms with Gasteiger partial charge in [-0.2, -0.15) is 0 Å². The van der Waals surface area contributed by atoms with Gasteiger partial charge in [0.1, 0.15) is 0 Å². The molecule has 0 fully saturated rings.